The Bertz CT molecular complexity index is 957. The third-order valence-corrected chi connectivity index (χ3v) is 5.13. The summed E-state index contributed by atoms with van der Waals surface area (Å²) in [4.78, 5) is 15.0. The second-order valence-electron chi connectivity index (χ2n) is 6.87. The zero-order chi connectivity index (χ0) is 19.3. The third-order valence-electron chi connectivity index (χ3n) is 5.13. The largest absolute Gasteiger partial charge is 0.492 e. The molecule has 0 saturated carbocycles. The Morgan fingerprint density at radius 3 is 2.54 bits per heavy atom. The molecule has 0 unspecified atom stereocenters. The van der Waals surface area contributed by atoms with E-state index >= 15 is 0 Å². The van der Waals surface area contributed by atoms with E-state index in [0.29, 0.717) is 6.61 Å². The van der Waals surface area contributed by atoms with Crippen molar-refractivity contribution in [2.45, 2.75) is 13.8 Å². The van der Waals surface area contributed by atoms with Crippen LogP contribution in [0.1, 0.15) is 19.4 Å². The van der Waals surface area contributed by atoms with Crippen LogP contribution in [0.3, 0.4) is 0 Å². The number of aromatic nitrogens is 2. The van der Waals surface area contributed by atoms with E-state index in [1.807, 2.05) is 30.3 Å². The molecule has 28 heavy (non-hydrogen) atoms. The molecule has 2 aromatic carbocycles. The van der Waals surface area contributed by atoms with Gasteiger partial charge >= 0.3 is 0 Å². The fourth-order valence-electron chi connectivity index (χ4n) is 3.43. The van der Waals surface area contributed by atoms with Crippen molar-refractivity contribution in [2.24, 2.45) is 4.99 Å². The fraction of sp³-hybridized carbons (Fsp3) is 0.364. The van der Waals surface area contributed by atoms with Crippen LogP contribution in [0.4, 0.5) is 0 Å². The van der Waals surface area contributed by atoms with E-state index in [9.17, 15) is 0 Å². The number of ether oxygens (including phenoxy) is 1. The van der Waals surface area contributed by atoms with Gasteiger partial charge in [0.2, 0.25) is 0 Å². The van der Waals surface area contributed by atoms with Crippen LogP contribution < -0.4 is 10.1 Å². The molecule has 0 fully saturated rings. The van der Waals surface area contributed by atoms with Crippen LogP contribution in [-0.2, 0) is 0 Å². The van der Waals surface area contributed by atoms with Crippen molar-refractivity contribution in [2.75, 3.05) is 39.3 Å². The van der Waals surface area contributed by atoms with Crippen molar-refractivity contribution in [3.63, 3.8) is 0 Å². The number of hydrogen-bond acceptors (Lipinski definition) is 5. The number of benzene rings is 2. The molecule has 6 nitrogen and oxygen atoms in total. The predicted octanol–water partition coefficient (Wildman–Crippen LogP) is 3.30. The number of nitrogens with one attached hydrogen (secondary N) is 2. The second kappa shape index (κ2) is 8.44. The van der Waals surface area contributed by atoms with E-state index in [1.54, 1.807) is 0 Å². The van der Waals surface area contributed by atoms with Gasteiger partial charge in [-0.2, -0.15) is 0 Å². The highest BCUT2D eigenvalue weighted by atomic mass is 16.5. The lowest BCUT2D eigenvalue weighted by atomic mass is 10.2. The van der Waals surface area contributed by atoms with Crippen molar-refractivity contribution < 1.29 is 4.74 Å². The first-order valence-corrected chi connectivity index (χ1v) is 10.0. The second-order valence-corrected chi connectivity index (χ2v) is 6.87. The van der Waals surface area contributed by atoms with Crippen molar-refractivity contribution >= 4 is 16.9 Å². The molecule has 0 amide bonds. The monoisotopic (exact) mass is 377 g/mol. The number of nitrogens with zero attached hydrogens (tertiary/aromatic N) is 3. The molecule has 1 aliphatic rings. The smallest absolute Gasteiger partial charge is 0.138 e. The molecule has 1 aliphatic heterocycles. The Morgan fingerprint density at radius 1 is 1.04 bits per heavy atom. The summed E-state index contributed by atoms with van der Waals surface area (Å²) in [5.41, 5.74) is 4.11. The number of rotatable bonds is 8. The molecule has 3 aromatic rings. The van der Waals surface area contributed by atoms with E-state index < -0.39 is 0 Å². The molecule has 0 spiro atoms. The van der Waals surface area contributed by atoms with E-state index in [4.69, 9.17) is 9.72 Å². The first kappa shape index (κ1) is 18.5. The Morgan fingerprint density at radius 2 is 1.82 bits per heavy atom. The standard InChI is InChI=1S/C22H27N5O/c1-3-27(4-2)13-14-28-18-8-5-16(6-9-18)22-25-19-10-7-17(15-20(19)26-22)21-23-11-12-24-21/h5-10,15H,3-4,11-14H2,1-2H3,(H,23,24)(H,25,26). The van der Waals surface area contributed by atoms with Crippen LogP contribution in [0.25, 0.3) is 22.4 Å². The summed E-state index contributed by atoms with van der Waals surface area (Å²) in [6.45, 7) is 9.84. The Labute approximate surface area is 165 Å². The van der Waals surface area contributed by atoms with E-state index in [1.165, 1.54) is 0 Å². The number of imidazole rings is 1. The topological polar surface area (TPSA) is 65.5 Å². The van der Waals surface area contributed by atoms with E-state index in [0.717, 1.165) is 72.3 Å². The summed E-state index contributed by atoms with van der Waals surface area (Å²) in [6, 6.07) is 14.3. The van der Waals surface area contributed by atoms with Crippen LogP contribution in [0.15, 0.2) is 47.5 Å². The van der Waals surface area contributed by atoms with Crippen LogP contribution in [0.2, 0.25) is 0 Å². The van der Waals surface area contributed by atoms with Crippen LogP contribution >= 0.6 is 0 Å². The summed E-state index contributed by atoms with van der Waals surface area (Å²) in [5.74, 6) is 2.71. The Kier molecular flexibility index (Phi) is 5.58. The maximum Gasteiger partial charge on any atom is 0.138 e. The van der Waals surface area contributed by atoms with Crippen LogP contribution in [0.5, 0.6) is 5.75 Å². The van der Waals surface area contributed by atoms with Gasteiger partial charge in [-0.25, -0.2) is 4.98 Å². The van der Waals surface area contributed by atoms with Crippen LogP contribution in [0, 0.1) is 0 Å². The summed E-state index contributed by atoms with van der Waals surface area (Å²) >= 11 is 0. The lowest BCUT2D eigenvalue weighted by molar-refractivity contribution is 0.223. The van der Waals surface area contributed by atoms with E-state index in [-0.39, 0.29) is 0 Å². The summed E-state index contributed by atoms with van der Waals surface area (Å²) < 4.78 is 5.87. The predicted molar refractivity (Wildman–Crippen MR) is 114 cm³/mol. The maximum atomic E-state index is 5.87. The zero-order valence-electron chi connectivity index (χ0n) is 16.5. The molecule has 2 heterocycles. The number of aliphatic imine (C=N–C) groups is 1. The highest BCUT2D eigenvalue weighted by Gasteiger charge is 2.11. The Balaban J connectivity index is 1.45. The molecule has 0 bridgehead atoms. The zero-order valence-corrected chi connectivity index (χ0v) is 16.5. The van der Waals surface area contributed by atoms with Gasteiger partial charge in [-0.05, 0) is 55.6 Å². The Hall–Kier alpha value is -2.86. The number of aromatic amines is 1. The average Bonchev–Trinajstić information content (AvgIpc) is 3.41. The van der Waals surface area contributed by atoms with Gasteiger partial charge in [0, 0.05) is 24.2 Å². The molecule has 2 N–H and O–H groups in total. The lowest BCUT2D eigenvalue weighted by Gasteiger charge is -2.18. The molecule has 0 atom stereocenters. The lowest BCUT2D eigenvalue weighted by Crippen LogP contribution is -2.27. The average molecular weight is 377 g/mol. The van der Waals surface area contributed by atoms with Crippen LogP contribution in [-0.4, -0.2) is 60.0 Å². The summed E-state index contributed by atoms with van der Waals surface area (Å²) in [6.07, 6.45) is 0. The van der Waals surface area contributed by atoms with Gasteiger partial charge in [0.1, 0.15) is 24.0 Å². The molecule has 0 saturated heterocycles. The van der Waals surface area contributed by atoms with Gasteiger partial charge in [-0.3, -0.25) is 4.99 Å². The van der Waals surface area contributed by atoms with Gasteiger partial charge in [0.15, 0.2) is 0 Å². The van der Waals surface area contributed by atoms with Gasteiger partial charge in [-0.1, -0.05) is 13.8 Å². The number of H-pyrrole nitrogens is 1. The number of hydrogen-bond donors (Lipinski definition) is 2. The SMILES string of the molecule is CCN(CC)CCOc1ccc(-c2nc3ccc(C4=NCCN4)cc3[nH]2)cc1. The minimum Gasteiger partial charge on any atom is -0.492 e. The first-order valence-electron chi connectivity index (χ1n) is 10.0. The summed E-state index contributed by atoms with van der Waals surface area (Å²) in [7, 11) is 0. The fourth-order valence-corrected chi connectivity index (χ4v) is 3.43. The van der Waals surface area contributed by atoms with E-state index in [2.05, 4.69) is 46.2 Å². The quantitative estimate of drug-likeness (QED) is 0.632. The molecule has 4 rings (SSSR count). The van der Waals surface area contributed by atoms with Crippen molar-refractivity contribution in [3.8, 4) is 17.1 Å². The highest BCUT2D eigenvalue weighted by Crippen LogP contribution is 2.24. The van der Waals surface area contributed by atoms with Crippen molar-refractivity contribution in [3.05, 3.63) is 48.0 Å². The minimum absolute atomic E-state index is 0.701. The van der Waals surface area contributed by atoms with Gasteiger partial charge in [0.05, 0.1) is 17.6 Å². The van der Waals surface area contributed by atoms with Gasteiger partial charge in [-0.15, -0.1) is 0 Å². The van der Waals surface area contributed by atoms with Crippen molar-refractivity contribution in [1.82, 2.24) is 20.2 Å². The number of amidine groups is 1. The molecule has 0 radical (unpaired) electrons. The summed E-state index contributed by atoms with van der Waals surface area (Å²) in [5, 5.41) is 3.31. The minimum atomic E-state index is 0.701. The highest BCUT2D eigenvalue weighted by molar-refractivity contribution is 6.02. The first-order chi connectivity index (χ1) is 13.8. The number of likely N-dealkylation sites (N-methyl/N-ethyl adjacent to an activating group) is 1. The van der Waals surface area contributed by atoms with Crippen molar-refractivity contribution in [1.29, 1.82) is 0 Å². The normalized spacial score (nSPS) is 13.8. The molecule has 146 valence electrons. The number of fused-ring (bicyclic) bond motifs is 1. The molecular weight excluding hydrogens is 350 g/mol. The molecular formula is C22H27N5O. The van der Waals surface area contributed by atoms with Gasteiger partial charge in [0.25, 0.3) is 0 Å². The van der Waals surface area contributed by atoms with Gasteiger partial charge < -0.3 is 19.9 Å². The molecule has 0 aliphatic carbocycles. The molecule has 1 aromatic heterocycles. The molecule has 6 heteroatoms. The maximum absolute atomic E-state index is 5.87. The third kappa shape index (κ3) is 4.02.